The third-order valence-corrected chi connectivity index (χ3v) is 7.04. The maximum Gasteiger partial charge on any atom is 0.234 e. The van der Waals surface area contributed by atoms with Crippen LogP contribution in [0.5, 0.6) is 0 Å². The Morgan fingerprint density at radius 3 is 2.52 bits per heavy atom. The number of thiophene rings is 1. The molecule has 0 aliphatic heterocycles. The number of tetrazole rings is 1. The molecule has 152 valence electrons. The fraction of sp³-hybridized carbons (Fsp3) is 0.429. The molecule has 1 aliphatic carbocycles. The second-order valence-corrected chi connectivity index (χ2v) is 9.96. The van der Waals surface area contributed by atoms with Gasteiger partial charge in [0.1, 0.15) is 0 Å². The number of aromatic nitrogens is 4. The smallest absolute Gasteiger partial charge is 0.234 e. The molecule has 1 aromatic carbocycles. The van der Waals surface area contributed by atoms with Crippen LogP contribution in [0, 0.1) is 0 Å². The van der Waals surface area contributed by atoms with E-state index in [1.54, 1.807) is 11.3 Å². The average Bonchev–Trinajstić information content (AvgIpc) is 3.22. The minimum absolute atomic E-state index is 0.0216. The second kappa shape index (κ2) is 8.67. The Labute approximate surface area is 179 Å². The lowest BCUT2D eigenvalue weighted by molar-refractivity contribution is -0.120. The van der Waals surface area contributed by atoms with Gasteiger partial charge in [-0.2, -0.15) is 0 Å². The van der Waals surface area contributed by atoms with E-state index in [-0.39, 0.29) is 17.2 Å². The van der Waals surface area contributed by atoms with Crippen LogP contribution in [-0.2, 0) is 4.79 Å². The molecule has 0 spiro atoms. The molecule has 29 heavy (non-hydrogen) atoms. The summed E-state index contributed by atoms with van der Waals surface area (Å²) < 4.78 is 1.84. The highest BCUT2D eigenvalue weighted by molar-refractivity contribution is 8.00. The van der Waals surface area contributed by atoms with Gasteiger partial charge >= 0.3 is 0 Å². The molecule has 1 N–H and O–H groups in total. The summed E-state index contributed by atoms with van der Waals surface area (Å²) >= 11 is 3.06. The van der Waals surface area contributed by atoms with Crippen molar-refractivity contribution in [3.05, 3.63) is 57.8 Å². The number of hydrogen-bond donors (Lipinski definition) is 1. The molecule has 6 nitrogen and oxygen atoms in total. The predicted octanol–water partition coefficient (Wildman–Crippen LogP) is 4.58. The summed E-state index contributed by atoms with van der Waals surface area (Å²) in [7, 11) is 0. The summed E-state index contributed by atoms with van der Waals surface area (Å²) in [4.78, 5) is 14.1. The van der Waals surface area contributed by atoms with Gasteiger partial charge in [-0.3, -0.25) is 4.79 Å². The number of amides is 1. The quantitative estimate of drug-likeness (QED) is 0.533. The van der Waals surface area contributed by atoms with Gasteiger partial charge < -0.3 is 5.32 Å². The number of thioether (sulfide) groups is 1. The molecule has 2 unspecified atom stereocenters. The van der Waals surface area contributed by atoms with Crippen LogP contribution in [0.2, 0.25) is 0 Å². The van der Waals surface area contributed by atoms with Crippen molar-refractivity contribution in [2.45, 2.75) is 62.0 Å². The zero-order valence-electron chi connectivity index (χ0n) is 16.8. The van der Waals surface area contributed by atoms with E-state index < -0.39 is 0 Å². The highest BCUT2D eigenvalue weighted by Gasteiger charge is 2.30. The van der Waals surface area contributed by atoms with E-state index in [9.17, 15) is 4.79 Å². The van der Waals surface area contributed by atoms with Gasteiger partial charge in [0.25, 0.3) is 0 Å². The molecule has 8 heteroatoms. The Morgan fingerprint density at radius 2 is 1.90 bits per heavy atom. The van der Waals surface area contributed by atoms with E-state index in [1.165, 1.54) is 17.3 Å². The number of carbonyl (C=O) groups is 1. The van der Waals surface area contributed by atoms with E-state index in [4.69, 9.17) is 0 Å². The third kappa shape index (κ3) is 4.70. The van der Waals surface area contributed by atoms with Gasteiger partial charge in [0.15, 0.2) is 0 Å². The van der Waals surface area contributed by atoms with Crippen molar-refractivity contribution in [1.29, 1.82) is 0 Å². The van der Waals surface area contributed by atoms with E-state index in [0.717, 1.165) is 23.3 Å². The number of rotatable bonds is 8. The lowest BCUT2D eigenvalue weighted by Gasteiger charge is -2.21. The van der Waals surface area contributed by atoms with E-state index in [1.807, 2.05) is 23.1 Å². The molecule has 1 aliphatic rings. The fourth-order valence-electron chi connectivity index (χ4n) is 3.13. The summed E-state index contributed by atoms with van der Waals surface area (Å²) in [5.41, 5.74) is 2.38. The summed E-state index contributed by atoms with van der Waals surface area (Å²) in [6.45, 7) is 6.27. The Balaban J connectivity index is 1.49. The molecular weight excluding hydrogens is 402 g/mol. The summed E-state index contributed by atoms with van der Waals surface area (Å²) in [6, 6.07) is 12.8. The van der Waals surface area contributed by atoms with Crippen molar-refractivity contribution in [3.63, 3.8) is 0 Å². The normalized spacial score (nSPS) is 16.0. The van der Waals surface area contributed by atoms with Crippen LogP contribution in [0.25, 0.3) is 0 Å². The zero-order chi connectivity index (χ0) is 20.4. The van der Waals surface area contributed by atoms with E-state index in [2.05, 4.69) is 65.0 Å². The van der Waals surface area contributed by atoms with Crippen molar-refractivity contribution < 1.29 is 4.79 Å². The van der Waals surface area contributed by atoms with Gasteiger partial charge in [0.05, 0.1) is 17.3 Å². The second-order valence-electron chi connectivity index (χ2n) is 7.68. The number of benzene rings is 1. The van der Waals surface area contributed by atoms with Gasteiger partial charge in [-0.05, 0) is 58.7 Å². The van der Waals surface area contributed by atoms with Crippen LogP contribution >= 0.6 is 23.1 Å². The standard InChI is InChI=1S/C21H25N5OS2/c1-13(2)15-6-8-16(9-7-15)19(18-5-4-12-28-18)22-20(27)14(3)29-21-23-24-25-26(21)17-10-11-17/h4-9,12-14,17,19H,10-11H2,1-3H3,(H,22,27). The highest BCUT2D eigenvalue weighted by Crippen LogP contribution is 2.37. The number of hydrogen-bond acceptors (Lipinski definition) is 6. The minimum Gasteiger partial charge on any atom is -0.343 e. The largest absolute Gasteiger partial charge is 0.343 e. The van der Waals surface area contributed by atoms with Gasteiger partial charge in [-0.15, -0.1) is 16.4 Å². The number of nitrogens with one attached hydrogen (secondary N) is 1. The van der Waals surface area contributed by atoms with Gasteiger partial charge in [-0.25, -0.2) is 4.68 Å². The number of carbonyl (C=O) groups excluding carboxylic acids is 1. The maximum absolute atomic E-state index is 13.0. The van der Waals surface area contributed by atoms with Crippen LogP contribution in [0.15, 0.2) is 46.9 Å². The number of nitrogens with zero attached hydrogens (tertiary/aromatic N) is 4. The van der Waals surface area contributed by atoms with E-state index >= 15 is 0 Å². The highest BCUT2D eigenvalue weighted by atomic mass is 32.2. The lowest BCUT2D eigenvalue weighted by Crippen LogP contribution is -2.34. The molecule has 2 heterocycles. The monoisotopic (exact) mass is 427 g/mol. The molecular formula is C21H25N5OS2. The fourth-order valence-corrected chi connectivity index (χ4v) is 4.80. The van der Waals surface area contributed by atoms with Crippen LogP contribution in [0.3, 0.4) is 0 Å². The first kappa shape index (κ1) is 20.1. The molecule has 3 aromatic rings. The van der Waals surface area contributed by atoms with Crippen molar-refractivity contribution in [1.82, 2.24) is 25.5 Å². The van der Waals surface area contributed by atoms with Crippen LogP contribution in [0.1, 0.15) is 67.6 Å². The lowest BCUT2D eigenvalue weighted by atomic mass is 9.98. The van der Waals surface area contributed by atoms with Crippen molar-refractivity contribution in [2.24, 2.45) is 0 Å². The van der Waals surface area contributed by atoms with Crippen LogP contribution in [0.4, 0.5) is 0 Å². The summed E-state index contributed by atoms with van der Waals surface area (Å²) in [6.07, 6.45) is 2.21. The topological polar surface area (TPSA) is 72.7 Å². The molecule has 0 radical (unpaired) electrons. The summed E-state index contributed by atoms with van der Waals surface area (Å²) in [5.74, 6) is 0.458. The Hall–Kier alpha value is -2.19. The SMILES string of the molecule is CC(Sc1nnnn1C1CC1)C(=O)NC(c1ccc(C(C)C)cc1)c1cccs1. The zero-order valence-corrected chi connectivity index (χ0v) is 18.4. The van der Waals surface area contributed by atoms with Gasteiger partial charge in [-0.1, -0.05) is 55.9 Å². The Kier molecular flexibility index (Phi) is 6.01. The van der Waals surface area contributed by atoms with Crippen molar-refractivity contribution in [2.75, 3.05) is 0 Å². The Bertz CT molecular complexity index is 948. The first-order valence-corrected chi connectivity index (χ1v) is 11.7. The Morgan fingerprint density at radius 1 is 1.17 bits per heavy atom. The first-order chi connectivity index (χ1) is 14.0. The van der Waals surface area contributed by atoms with Crippen molar-refractivity contribution in [3.8, 4) is 0 Å². The van der Waals surface area contributed by atoms with Gasteiger partial charge in [0.2, 0.25) is 11.1 Å². The summed E-state index contributed by atoms with van der Waals surface area (Å²) in [5, 5.41) is 17.6. The third-order valence-electron chi connectivity index (χ3n) is 5.06. The van der Waals surface area contributed by atoms with Crippen LogP contribution in [-0.4, -0.2) is 31.4 Å². The molecule has 1 amide bonds. The first-order valence-electron chi connectivity index (χ1n) is 9.91. The molecule has 1 fully saturated rings. The molecule has 4 rings (SSSR count). The van der Waals surface area contributed by atoms with Gasteiger partial charge in [0, 0.05) is 4.88 Å². The predicted molar refractivity (Wildman–Crippen MR) is 116 cm³/mol. The molecule has 2 atom stereocenters. The molecule has 2 aromatic heterocycles. The minimum atomic E-state index is -0.295. The van der Waals surface area contributed by atoms with Crippen LogP contribution < -0.4 is 5.32 Å². The molecule has 0 bridgehead atoms. The van der Waals surface area contributed by atoms with E-state index in [0.29, 0.717) is 17.1 Å². The maximum atomic E-state index is 13.0. The average molecular weight is 428 g/mol. The molecule has 0 saturated heterocycles. The van der Waals surface area contributed by atoms with Crippen molar-refractivity contribution >= 4 is 29.0 Å². The molecule has 1 saturated carbocycles.